The number of rotatable bonds is 4. The molecule has 0 fully saturated rings. The molecule has 0 atom stereocenters. The number of carbonyl (C=O) groups excluding carboxylic acids is 3. The molecule has 118 valence electrons. The minimum Gasteiger partial charge on any atom is -0.343 e. The largest absolute Gasteiger partial charge is 0.343 e. The van der Waals surface area contributed by atoms with E-state index >= 15 is 0 Å². The van der Waals surface area contributed by atoms with Gasteiger partial charge in [0.15, 0.2) is 0 Å². The third kappa shape index (κ3) is 5.12. The molecule has 2 aromatic carbocycles. The van der Waals surface area contributed by atoms with Crippen LogP contribution in [-0.4, -0.2) is 24.3 Å². The number of carbonyl (C=O) groups is 3. The van der Waals surface area contributed by atoms with Crippen molar-refractivity contribution in [2.24, 2.45) is 0 Å². The minimum atomic E-state index is -0.551. The molecule has 0 bridgehead atoms. The zero-order chi connectivity index (χ0) is 16.7. The number of benzene rings is 2. The van der Waals surface area contributed by atoms with Crippen molar-refractivity contribution in [3.05, 3.63) is 70.7 Å². The van der Waals surface area contributed by atoms with Crippen LogP contribution in [0.4, 0.5) is 0 Å². The van der Waals surface area contributed by atoms with Crippen LogP contribution in [0.5, 0.6) is 0 Å². The van der Waals surface area contributed by atoms with Crippen molar-refractivity contribution in [1.82, 2.24) is 16.2 Å². The number of hydrogen-bond donors (Lipinski definition) is 3. The molecule has 0 aromatic heterocycles. The average Bonchev–Trinajstić information content (AvgIpc) is 2.58. The fourth-order valence-electron chi connectivity index (χ4n) is 1.72. The van der Waals surface area contributed by atoms with Crippen LogP contribution in [0.25, 0.3) is 0 Å². The summed E-state index contributed by atoms with van der Waals surface area (Å²) in [4.78, 5) is 35.2. The number of hydrazine groups is 1. The maximum absolute atomic E-state index is 11.8. The van der Waals surface area contributed by atoms with Gasteiger partial charge in [-0.15, -0.1) is 0 Å². The second kappa shape index (κ2) is 7.95. The smallest absolute Gasteiger partial charge is 0.269 e. The van der Waals surface area contributed by atoms with E-state index < -0.39 is 11.8 Å². The summed E-state index contributed by atoms with van der Waals surface area (Å²) in [6.07, 6.45) is 0. The summed E-state index contributed by atoms with van der Waals surface area (Å²) >= 11 is 5.78. The third-order valence-electron chi connectivity index (χ3n) is 2.85. The van der Waals surface area contributed by atoms with Crippen LogP contribution in [0.3, 0.4) is 0 Å². The normalized spacial score (nSPS) is 9.78. The summed E-state index contributed by atoms with van der Waals surface area (Å²) in [5, 5.41) is 2.86. The van der Waals surface area contributed by atoms with Crippen LogP contribution in [0.15, 0.2) is 54.6 Å². The Balaban J connectivity index is 1.77. The molecule has 0 heterocycles. The highest BCUT2D eigenvalue weighted by atomic mass is 35.5. The van der Waals surface area contributed by atoms with Gasteiger partial charge in [-0.05, 0) is 30.3 Å². The highest BCUT2D eigenvalue weighted by Gasteiger charge is 2.09. The lowest BCUT2D eigenvalue weighted by Gasteiger charge is -2.08. The number of halogens is 1. The third-order valence-corrected chi connectivity index (χ3v) is 3.08. The Bertz CT molecular complexity index is 720. The molecule has 0 saturated carbocycles. The molecule has 2 aromatic rings. The van der Waals surface area contributed by atoms with Gasteiger partial charge in [0.1, 0.15) is 0 Å². The van der Waals surface area contributed by atoms with Crippen molar-refractivity contribution in [3.8, 4) is 0 Å². The molecule has 6 nitrogen and oxygen atoms in total. The van der Waals surface area contributed by atoms with Gasteiger partial charge in [-0.25, -0.2) is 0 Å². The topological polar surface area (TPSA) is 87.3 Å². The van der Waals surface area contributed by atoms with E-state index in [-0.39, 0.29) is 12.5 Å². The van der Waals surface area contributed by atoms with E-state index in [4.69, 9.17) is 11.6 Å². The van der Waals surface area contributed by atoms with E-state index in [2.05, 4.69) is 16.2 Å². The Kier molecular flexibility index (Phi) is 5.71. The van der Waals surface area contributed by atoms with Crippen LogP contribution in [-0.2, 0) is 4.79 Å². The zero-order valence-electron chi connectivity index (χ0n) is 12.0. The molecule has 0 saturated heterocycles. The molecule has 0 spiro atoms. The van der Waals surface area contributed by atoms with Crippen molar-refractivity contribution in [2.75, 3.05) is 6.54 Å². The predicted octanol–water partition coefficient (Wildman–Crippen LogP) is 1.53. The van der Waals surface area contributed by atoms with Crippen LogP contribution in [0.1, 0.15) is 20.7 Å². The van der Waals surface area contributed by atoms with Crippen LogP contribution in [0, 0.1) is 0 Å². The summed E-state index contributed by atoms with van der Waals surface area (Å²) in [5.41, 5.74) is 5.21. The fourth-order valence-corrected chi connectivity index (χ4v) is 1.91. The van der Waals surface area contributed by atoms with Gasteiger partial charge in [0.2, 0.25) is 0 Å². The van der Waals surface area contributed by atoms with Gasteiger partial charge in [-0.3, -0.25) is 25.2 Å². The van der Waals surface area contributed by atoms with E-state index in [1.807, 2.05) is 0 Å². The van der Waals surface area contributed by atoms with Crippen molar-refractivity contribution in [1.29, 1.82) is 0 Å². The first-order chi connectivity index (χ1) is 11.1. The summed E-state index contributed by atoms with van der Waals surface area (Å²) in [6.45, 7) is -0.260. The minimum absolute atomic E-state index is 0.260. The van der Waals surface area contributed by atoms with Gasteiger partial charge in [0.05, 0.1) is 6.54 Å². The van der Waals surface area contributed by atoms with Gasteiger partial charge in [0, 0.05) is 16.1 Å². The molecule has 0 aliphatic rings. The van der Waals surface area contributed by atoms with Gasteiger partial charge in [-0.1, -0.05) is 35.9 Å². The Morgan fingerprint density at radius 2 is 1.52 bits per heavy atom. The first-order valence-corrected chi connectivity index (χ1v) is 7.12. The highest BCUT2D eigenvalue weighted by molar-refractivity contribution is 6.30. The van der Waals surface area contributed by atoms with Crippen molar-refractivity contribution >= 4 is 29.3 Å². The number of nitrogens with one attached hydrogen (secondary N) is 3. The summed E-state index contributed by atoms with van der Waals surface area (Å²) < 4.78 is 0. The van der Waals surface area contributed by atoms with E-state index in [1.54, 1.807) is 48.5 Å². The quantitative estimate of drug-likeness (QED) is 0.742. The maximum Gasteiger partial charge on any atom is 0.269 e. The Morgan fingerprint density at radius 3 is 2.22 bits per heavy atom. The monoisotopic (exact) mass is 331 g/mol. The van der Waals surface area contributed by atoms with Gasteiger partial charge >= 0.3 is 0 Å². The molecule has 3 amide bonds. The van der Waals surface area contributed by atoms with Gasteiger partial charge < -0.3 is 5.32 Å². The second-order valence-corrected chi connectivity index (χ2v) is 5.00. The Hall–Kier alpha value is -2.86. The first-order valence-electron chi connectivity index (χ1n) is 6.74. The van der Waals surface area contributed by atoms with E-state index in [9.17, 15) is 14.4 Å². The molecule has 0 aliphatic heterocycles. The maximum atomic E-state index is 11.8. The molecule has 23 heavy (non-hydrogen) atoms. The molecule has 0 aliphatic carbocycles. The molecule has 3 N–H and O–H groups in total. The van der Waals surface area contributed by atoms with Crippen LogP contribution >= 0.6 is 11.6 Å². The van der Waals surface area contributed by atoms with E-state index in [0.29, 0.717) is 16.1 Å². The van der Waals surface area contributed by atoms with E-state index in [0.717, 1.165) is 0 Å². The molecule has 0 radical (unpaired) electrons. The standard InChI is InChI=1S/C16H14ClN3O3/c17-13-8-4-7-12(9-13)16(23)20-19-14(21)10-18-15(22)11-5-2-1-3-6-11/h1-9H,10H2,(H,18,22)(H,19,21)(H,20,23). The van der Waals surface area contributed by atoms with Crippen LogP contribution < -0.4 is 16.2 Å². The van der Waals surface area contributed by atoms with Gasteiger partial charge in [-0.2, -0.15) is 0 Å². The molecular weight excluding hydrogens is 318 g/mol. The lowest BCUT2D eigenvalue weighted by atomic mass is 10.2. The summed E-state index contributed by atoms with van der Waals surface area (Å²) in [5.74, 6) is -1.43. The van der Waals surface area contributed by atoms with Gasteiger partial charge in [0.25, 0.3) is 17.7 Å². The number of hydrogen-bond acceptors (Lipinski definition) is 3. The van der Waals surface area contributed by atoms with Crippen molar-refractivity contribution in [3.63, 3.8) is 0 Å². The molecule has 0 unspecified atom stereocenters. The SMILES string of the molecule is O=C(CNC(=O)c1ccccc1)NNC(=O)c1cccc(Cl)c1. The molecular formula is C16H14ClN3O3. The fraction of sp³-hybridized carbons (Fsp3) is 0.0625. The second-order valence-electron chi connectivity index (χ2n) is 4.56. The zero-order valence-corrected chi connectivity index (χ0v) is 12.8. The predicted molar refractivity (Wildman–Crippen MR) is 85.8 cm³/mol. The van der Waals surface area contributed by atoms with Crippen molar-refractivity contribution in [2.45, 2.75) is 0 Å². The summed E-state index contributed by atoms with van der Waals surface area (Å²) in [6, 6.07) is 14.8. The number of amides is 3. The van der Waals surface area contributed by atoms with Crippen LogP contribution in [0.2, 0.25) is 5.02 Å². The Labute approximate surface area is 137 Å². The molecule has 7 heteroatoms. The Morgan fingerprint density at radius 1 is 0.826 bits per heavy atom. The molecule has 2 rings (SSSR count). The van der Waals surface area contributed by atoms with Crippen molar-refractivity contribution < 1.29 is 14.4 Å². The average molecular weight is 332 g/mol. The lowest BCUT2D eigenvalue weighted by Crippen LogP contribution is -2.46. The lowest BCUT2D eigenvalue weighted by molar-refractivity contribution is -0.120. The first kappa shape index (κ1) is 16.5. The summed E-state index contributed by atoms with van der Waals surface area (Å²) in [7, 11) is 0. The highest BCUT2D eigenvalue weighted by Crippen LogP contribution is 2.10. The van der Waals surface area contributed by atoms with E-state index in [1.165, 1.54) is 6.07 Å².